The van der Waals surface area contributed by atoms with E-state index in [9.17, 15) is 0 Å². The van der Waals surface area contributed by atoms with E-state index >= 15 is 0 Å². The van der Waals surface area contributed by atoms with Crippen molar-refractivity contribution in [1.82, 2.24) is 15.1 Å². The van der Waals surface area contributed by atoms with E-state index in [2.05, 4.69) is 70.0 Å². The average Bonchev–Trinajstić information content (AvgIpc) is 2.83. The molecule has 0 aliphatic rings. The number of hydrogen-bond acceptors (Lipinski definition) is 2. The Kier molecular flexibility index (Phi) is 6.00. The molecule has 0 amide bonds. The first-order chi connectivity index (χ1) is 10.2. The van der Waals surface area contributed by atoms with E-state index in [4.69, 9.17) is 0 Å². The Morgan fingerprint density at radius 3 is 2.71 bits per heavy atom. The highest BCUT2D eigenvalue weighted by molar-refractivity contribution is 9.10. The van der Waals surface area contributed by atoms with E-state index in [1.807, 2.05) is 6.20 Å². The lowest BCUT2D eigenvalue weighted by atomic mass is 10.1. The summed E-state index contributed by atoms with van der Waals surface area (Å²) in [7, 11) is 0. The number of nitrogens with one attached hydrogen (secondary N) is 1. The number of rotatable bonds is 7. The number of hydrogen-bond donors (Lipinski definition) is 1. The third kappa shape index (κ3) is 3.95. The zero-order chi connectivity index (χ0) is 15.2. The fraction of sp³-hybridized carbons (Fsp3) is 0.471. The standard InChI is InChI=1S/C17H24BrN3/c1-4-6-17-14(11-19-9-5-2)12-20-21(17)16-8-7-15(18)10-13(16)3/h7-8,10,12,19H,4-6,9,11H2,1-3H3. The van der Waals surface area contributed by atoms with Crippen LogP contribution in [0.1, 0.15) is 43.5 Å². The zero-order valence-electron chi connectivity index (χ0n) is 13.1. The van der Waals surface area contributed by atoms with E-state index < -0.39 is 0 Å². The van der Waals surface area contributed by atoms with Gasteiger partial charge in [-0.15, -0.1) is 0 Å². The number of halogens is 1. The molecule has 1 aromatic heterocycles. The number of aromatic nitrogens is 2. The van der Waals surface area contributed by atoms with Crippen molar-refractivity contribution in [2.24, 2.45) is 0 Å². The Morgan fingerprint density at radius 1 is 1.24 bits per heavy atom. The fourth-order valence-electron chi connectivity index (χ4n) is 2.52. The van der Waals surface area contributed by atoms with Gasteiger partial charge in [-0.05, 0) is 50.1 Å². The number of benzene rings is 1. The molecule has 3 nitrogen and oxygen atoms in total. The van der Waals surface area contributed by atoms with Crippen LogP contribution in [-0.4, -0.2) is 16.3 Å². The molecule has 2 aromatic rings. The van der Waals surface area contributed by atoms with Crippen LogP contribution in [0.25, 0.3) is 5.69 Å². The summed E-state index contributed by atoms with van der Waals surface area (Å²) in [6.07, 6.45) is 5.35. The van der Waals surface area contributed by atoms with Gasteiger partial charge in [-0.3, -0.25) is 0 Å². The Morgan fingerprint density at radius 2 is 2.05 bits per heavy atom. The van der Waals surface area contributed by atoms with Crippen LogP contribution < -0.4 is 5.32 Å². The first-order valence-corrected chi connectivity index (χ1v) is 8.49. The maximum atomic E-state index is 4.64. The van der Waals surface area contributed by atoms with Gasteiger partial charge in [0, 0.05) is 22.3 Å². The van der Waals surface area contributed by atoms with Crippen LogP contribution in [0.5, 0.6) is 0 Å². The Labute approximate surface area is 135 Å². The van der Waals surface area contributed by atoms with E-state index in [0.717, 1.165) is 36.8 Å². The van der Waals surface area contributed by atoms with Crippen molar-refractivity contribution < 1.29 is 0 Å². The zero-order valence-corrected chi connectivity index (χ0v) is 14.7. The van der Waals surface area contributed by atoms with E-state index in [1.165, 1.54) is 22.5 Å². The van der Waals surface area contributed by atoms with Crippen LogP contribution in [-0.2, 0) is 13.0 Å². The van der Waals surface area contributed by atoms with Gasteiger partial charge in [0.1, 0.15) is 0 Å². The molecule has 1 aromatic carbocycles. The average molecular weight is 350 g/mol. The minimum absolute atomic E-state index is 0.902. The third-order valence-corrected chi connectivity index (χ3v) is 4.06. The second-order valence-electron chi connectivity index (χ2n) is 5.39. The molecular formula is C17H24BrN3. The summed E-state index contributed by atoms with van der Waals surface area (Å²) in [6, 6.07) is 6.35. The second kappa shape index (κ2) is 7.76. The van der Waals surface area contributed by atoms with E-state index in [0.29, 0.717) is 0 Å². The van der Waals surface area contributed by atoms with Crippen molar-refractivity contribution in [3.63, 3.8) is 0 Å². The molecule has 0 radical (unpaired) electrons. The molecular weight excluding hydrogens is 326 g/mol. The molecule has 0 saturated carbocycles. The summed E-state index contributed by atoms with van der Waals surface area (Å²) < 4.78 is 3.21. The Hall–Kier alpha value is -1.13. The number of nitrogens with zero attached hydrogens (tertiary/aromatic N) is 2. The van der Waals surface area contributed by atoms with Crippen LogP contribution in [0.2, 0.25) is 0 Å². The van der Waals surface area contributed by atoms with Crippen LogP contribution in [0.3, 0.4) is 0 Å². The second-order valence-corrected chi connectivity index (χ2v) is 6.30. The van der Waals surface area contributed by atoms with Crippen molar-refractivity contribution >= 4 is 15.9 Å². The lowest BCUT2D eigenvalue weighted by molar-refractivity contribution is 0.666. The van der Waals surface area contributed by atoms with Gasteiger partial charge in [0.05, 0.1) is 11.9 Å². The highest BCUT2D eigenvalue weighted by Gasteiger charge is 2.13. The van der Waals surface area contributed by atoms with E-state index in [1.54, 1.807) is 0 Å². The molecule has 0 atom stereocenters. The molecule has 4 heteroatoms. The molecule has 0 aliphatic heterocycles. The molecule has 0 fully saturated rings. The van der Waals surface area contributed by atoms with Crippen molar-refractivity contribution in [3.05, 3.63) is 45.7 Å². The fourth-order valence-corrected chi connectivity index (χ4v) is 3.00. The van der Waals surface area contributed by atoms with Gasteiger partial charge in [0.25, 0.3) is 0 Å². The lowest BCUT2D eigenvalue weighted by Crippen LogP contribution is -2.15. The summed E-state index contributed by atoms with van der Waals surface area (Å²) in [6.45, 7) is 8.49. The Balaban J connectivity index is 2.34. The highest BCUT2D eigenvalue weighted by Crippen LogP contribution is 2.22. The normalized spacial score (nSPS) is 11.0. The molecule has 0 bridgehead atoms. The first-order valence-electron chi connectivity index (χ1n) is 7.70. The summed E-state index contributed by atoms with van der Waals surface area (Å²) in [4.78, 5) is 0. The van der Waals surface area contributed by atoms with Gasteiger partial charge < -0.3 is 5.32 Å². The minimum atomic E-state index is 0.902. The van der Waals surface area contributed by atoms with Gasteiger partial charge >= 0.3 is 0 Å². The molecule has 114 valence electrons. The molecule has 1 heterocycles. The third-order valence-electron chi connectivity index (χ3n) is 3.57. The molecule has 2 rings (SSSR count). The summed E-state index contributed by atoms with van der Waals surface area (Å²) in [5, 5.41) is 8.11. The van der Waals surface area contributed by atoms with Crippen molar-refractivity contribution in [2.75, 3.05) is 6.54 Å². The molecule has 0 aliphatic carbocycles. The minimum Gasteiger partial charge on any atom is -0.313 e. The van der Waals surface area contributed by atoms with Gasteiger partial charge in [0.2, 0.25) is 0 Å². The molecule has 0 unspecified atom stereocenters. The van der Waals surface area contributed by atoms with Gasteiger partial charge in [0.15, 0.2) is 0 Å². The van der Waals surface area contributed by atoms with Crippen LogP contribution in [0.15, 0.2) is 28.9 Å². The molecule has 21 heavy (non-hydrogen) atoms. The maximum absolute atomic E-state index is 4.64. The number of aryl methyl sites for hydroxylation is 1. The maximum Gasteiger partial charge on any atom is 0.0678 e. The van der Waals surface area contributed by atoms with E-state index in [-0.39, 0.29) is 0 Å². The molecule has 0 spiro atoms. The molecule has 1 N–H and O–H groups in total. The van der Waals surface area contributed by atoms with Gasteiger partial charge in [-0.1, -0.05) is 36.2 Å². The monoisotopic (exact) mass is 349 g/mol. The van der Waals surface area contributed by atoms with Crippen LogP contribution in [0.4, 0.5) is 0 Å². The smallest absolute Gasteiger partial charge is 0.0678 e. The quantitative estimate of drug-likeness (QED) is 0.751. The highest BCUT2D eigenvalue weighted by atomic mass is 79.9. The Bertz CT molecular complexity index is 590. The predicted octanol–water partition coefficient (Wildman–Crippen LogP) is 4.40. The van der Waals surface area contributed by atoms with Crippen molar-refractivity contribution in [1.29, 1.82) is 0 Å². The lowest BCUT2D eigenvalue weighted by Gasteiger charge is -2.12. The topological polar surface area (TPSA) is 29.9 Å². The van der Waals surface area contributed by atoms with Crippen LogP contribution >= 0.6 is 15.9 Å². The van der Waals surface area contributed by atoms with Gasteiger partial charge in [-0.25, -0.2) is 4.68 Å². The summed E-state index contributed by atoms with van der Waals surface area (Å²) >= 11 is 3.53. The van der Waals surface area contributed by atoms with Crippen molar-refractivity contribution in [3.8, 4) is 5.69 Å². The summed E-state index contributed by atoms with van der Waals surface area (Å²) in [5.41, 5.74) is 5.04. The van der Waals surface area contributed by atoms with Crippen molar-refractivity contribution in [2.45, 2.75) is 46.6 Å². The largest absolute Gasteiger partial charge is 0.313 e. The van der Waals surface area contributed by atoms with Gasteiger partial charge in [-0.2, -0.15) is 5.10 Å². The predicted molar refractivity (Wildman–Crippen MR) is 92.0 cm³/mol. The SMILES string of the molecule is CCCNCc1cnn(-c2ccc(Br)cc2C)c1CCC. The summed E-state index contributed by atoms with van der Waals surface area (Å²) in [5.74, 6) is 0. The van der Waals surface area contributed by atoms with Crippen LogP contribution in [0, 0.1) is 6.92 Å². The molecule has 0 saturated heterocycles. The first kappa shape index (κ1) is 16.2.